The van der Waals surface area contributed by atoms with Crippen LogP contribution in [0.4, 0.5) is 0 Å². The molecule has 0 bridgehead atoms. The van der Waals surface area contributed by atoms with Crippen LogP contribution in [0.15, 0.2) is 65.6 Å². The van der Waals surface area contributed by atoms with Crippen molar-refractivity contribution in [1.29, 1.82) is 0 Å². The first-order chi connectivity index (χ1) is 15.4. The SMILES string of the molecule is Cc1ccc(CC(=O)NC(Cc2c[nH]c3ccccc23)c2cc(=O)[nH]c(C(C)C)n2)cc1. The molecule has 0 radical (unpaired) electrons. The molecule has 0 aliphatic carbocycles. The molecular formula is C26H28N4O2. The maximum absolute atomic E-state index is 12.9. The van der Waals surface area contributed by atoms with Crippen molar-refractivity contribution in [2.45, 2.75) is 45.6 Å². The van der Waals surface area contributed by atoms with Crippen LogP contribution in [0.2, 0.25) is 0 Å². The Labute approximate surface area is 187 Å². The second kappa shape index (κ2) is 9.22. The summed E-state index contributed by atoms with van der Waals surface area (Å²) in [6, 6.07) is 17.0. The van der Waals surface area contributed by atoms with Crippen molar-refractivity contribution >= 4 is 16.8 Å². The first kappa shape index (κ1) is 21.6. The lowest BCUT2D eigenvalue weighted by molar-refractivity contribution is -0.121. The summed E-state index contributed by atoms with van der Waals surface area (Å²) >= 11 is 0. The van der Waals surface area contributed by atoms with Crippen LogP contribution in [0.25, 0.3) is 10.9 Å². The van der Waals surface area contributed by atoms with Gasteiger partial charge in [0.1, 0.15) is 5.82 Å². The normalized spacial score (nSPS) is 12.2. The minimum atomic E-state index is -0.424. The van der Waals surface area contributed by atoms with Gasteiger partial charge in [0.2, 0.25) is 5.91 Å². The summed E-state index contributed by atoms with van der Waals surface area (Å²) < 4.78 is 0. The standard InChI is InChI=1S/C26H28N4O2/c1-16(2)26-29-23(14-25(32)30-26)22(13-19-15-27-21-7-5-4-6-20(19)21)28-24(31)12-18-10-8-17(3)9-11-18/h4-11,14-16,22,27H,12-13H2,1-3H3,(H,28,31)(H,29,30,32). The largest absolute Gasteiger partial charge is 0.361 e. The van der Waals surface area contributed by atoms with Crippen LogP contribution < -0.4 is 10.9 Å². The molecule has 0 saturated heterocycles. The van der Waals surface area contributed by atoms with Gasteiger partial charge >= 0.3 is 0 Å². The average molecular weight is 429 g/mol. The number of aryl methyl sites for hydroxylation is 1. The first-order valence-corrected chi connectivity index (χ1v) is 10.9. The van der Waals surface area contributed by atoms with E-state index in [0.29, 0.717) is 17.9 Å². The Bertz CT molecular complexity index is 1290. The lowest BCUT2D eigenvalue weighted by Crippen LogP contribution is -2.33. The summed E-state index contributed by atoms with van der Waals surface area (Å²) in [6.45, 7) is 5.98. The van der Waals surface area contributed by atoms with Gasteiger partial charge in [-0.15, -0.1) is 0 Å². The number of hydrogen-bond donors (Lipinski definition) is 3. The molecule has 0 aliphatic rings. The predicted molar refractivity (Wildman–Crippen MR) is 127 cm³/mol. The zero-order valence-electron chi connectivity index (χ0n) is 18.6. The fourth-order valence-electron chi connectivity index (χ4n) is 3.83. The van der Waals surface area contributed by atoms with Gasteiger partial charge in [-0.05, 0) is 24.1 Å². The molecule has 0 saturated carbocycles. The third-order valence-corrected chi connectivity index (χ3v) is 5.60. The minimum absolute atomic E-state index is 0.0691. The van der Waals surface area contributed by atoms with Gasteiger partial charge < -0.3 is 15.3 Å². The van der Waals surface area contributed by atoms with Gasteiger partial charge in [0.15, 0.2) is 0 Å². The monoisotopic (exact) mass is 428 g/mol. The number of carbonyl (C=O) groups is 1. The molecule has 4 rings (SSSR count). The molecule has 32 heavy (non-hydrogen) atoms. The smallest absolute Gasteiger partial charge is 0.251 e. The fourth-order valence-corrected chi connectivity index (χ4v) is 3.83. The van der Waals surface area contributed by atoms with Crippen LogP contribution in [0.1, 0.15) is 54.0 Å². The molecule has 1 unspecified atom stereocenters. The molecule has 0 aliphatic heterocycles. The molecule has 3 N–H and O–H groups in total. The van der Waals surface area contributed by atoms with Crippen molar-refractivity contribution in [3.63, 3.8) is 0 Å². The Morgan fingerprint density at radius 3 is 2.59 bits per heavy atom. The van der Waals surface area contributed by atoms with Crippen LogP contribution in [-0.4, -0.2) is 20.9 Å². The molecule has 0 fully saturated rings. The van der Waals surface area contributed by atoms with Gasteiger partial charge in [-0.25, -0.2) is 4.98 Å². The summed E-state index contributed by atoms with van der Waals surface area (Å²) in [7, 11) is 0. The van der Waals surface area contributed by atoms with E-state index in [1.165, 1.54) is 6.07 Å². The van der Waals surface area contributed by atoms with E-state index in [2.05, 4.69) is 26.3 Å². The van der Waals surface area contributed by atoms with E-state index in [1.807, 2.05) is 69.4 Å². The summed E-state index contributed by atoms with van der Waals surface area (Å²) in [6.07, 6.45) is 2.75. The number of hydrogen-bond acceptors (Lipinski definition) is 3. The lowest BCUT2D eigenvalue weighted by Gasteiger charge is -2.19. The van der Waals surface area contributed by atoms with E-state index in [4.69, 9.17) is 0 Å². The topological polar surface area (TPSA) is 90.6 Å². The predicted octanol–water partition coefficient (Wildman–Crippen LogP) is 4.33. The van der Waals surface area contributed by atoms with Crippen molar-refractivity contribution in [3.8, 4) is 0 Å². The third kappa shape index (κ3) is 4.97. The number of fused-ring (bicyclic) bond motifs is 1. The van der Waals surface area contributed by atoms with Crippen molar-refractivity contribution in [1.82, 2.24) is 20.3 Å². The summed E-state index contributed by atoms with van der Waals surface area (Å²) in [5.74, 6) is 0.579. The second-order valence-corrected chi connectivity index (χ2v) is 8.56. The van der Waals surface area contributed by atoms with Crippen LogP contribution in [0.3, 0.4) is 0 Å². The summed E-state index contributed by atoms with van der Waals surface area (Å²) in [5.41, 5.74) is 4.56. The van der Waals surface area contributed by atoms with Gasteiger partial charge in [-0.2, -0.15) is 0 Å². The number of benzene rings is 2. The quantitative estimate of drug-likeness (QED) is 0.409. The molecule has 2 heterocycles. The van der Waals surface area contributed by atoms with E-state index in [1.54, 1.807) is 0 Å². The third-order valence-electron chi connectivity index (χ3n) is 5.60. The van der Waals surface area contributed by atoms with E-state index in [9.17, 15) is 9.59 Å². The number of amides is 1. The zero-order chi connectivity index (χ0) is 22.7. The highest BCUT2D eigenvalue weighted by Gasteiger charge is 2.20. The van der Waals surface area contributed by atoms with Crippen LogP contribution in [-0.2, 0) is 17.6 Å². The molecule has 164 valence electrons. The van der Waals surface area contributed by atoms with Gasteiger partial charge in [0.25, 0.3) is 5.56 Å². The summed E-state index contributed by atoms with van der Waals surface area (Å²) in [4.78, 5) is 36.0. The Balaban J connectivity index is 1.65. The fraction of sp³-hybridized carbons (Fsp3) is 0.269. The molecular weight excluding hydrogens is 400 g/mol. The highest BCUT2D eigenvalue weighted by atomic mass is 16.1. The Morgan fingerprint density at radius 1 is 1.09 bits per heavy atom. The number of H-pyrrole nitrogens is 2. The van der Waals surface area contributed by atoms with Crippen molar-refractivity contribution < 1.29 is 4.79 Å². The zero-order valence-corrected chi connectivity index (χ0v) is 18.6. The number of rotatable bonds is 7. The Kier molecular flexibility index (Phi) is 6.21. The Morgan fingerprint density at radius 2 is 1.84 bits per heavy atom. The van der Waals surface area contributed by atoms with Crippen molar-refractivity contribution in [3.05, 3.63) is 99.4 Å². The number of nitrogens with zero attached hydrogens (tertiary/aromatic N) is 1. The van der Waals surface area contributed by atoms with E-state index < -0.39 is 6.04 Å². The number of carbonyl (C=O) groups excluding carboxylic acids is 1. The maximum atomic E-state index is 12.9. The minimum Gasteiger partial charge on any atom is -0.361 e. The number of para-hydroxylation sites is 1. The Hall–Kier alpha value is -3.67. The highest BCUT2D eigenvalue weighted by Crippen LogP contribution is 2.24. The van der Waals surface area contributed by atoms with Gasteiger partial charge in [0.05, 0.1) is 18.2 Å². The van der Waals surface area contributed by atoms with Crippen LogP contribution in [0, 0.1) is 6.92 Å². The lowest BCUT2D eigenvalue weighted by atomic mass is 10.0. The highest BCUT2D eigenvalue weighted by molar-refractivity contribution is 5.83. The molecule has 6 nitrogen and oxygen atoms in total. The molecule has 2 aromatic heterocycles. The van der Waals surface area contributed by atoms with E-state index in [-0.39, 0.29) is 23.8 Å². The molecule has 0 spiro atoms. The molecule has 2 aromatic carbocycles. The average Bonchev–Trinajstić information content (AvgIpc) is 3.17. The molecule has 1 amide bonds. The molecule has 6 heteroatoms. The van der Waals surface area contributed by atoms with E-state index in [0.717, 1.165) is 27.6 Å². The molecule has 1 atom stereocenters. The number of aromatic amines is 2. The summed E-state index contributed by atoms with van der Waals surface area (Å²) in [5, 5.41) is 4.22. The van der Waals surface area contributed by atoms with Crippen molar-refractivity contribution in [2.75, 3.05) is 0 Å². The van der Waals surface area contributed by atoms with Gasteiger partial charge in [0, 0.05) is 35.5 Å². The maximum Gasteiger partial charge on any atom is 0.251 e. The van der Waals surface area contributed by atoms with Crippen molar-refractivity contribution in [2.24, 2.45) is 0 Å². The van der Waals surface area contributed by atoms with Gasteiger partial charge in [-0.1, -0.05) is 61.9 Å². The first-order valence-electron chi connectivity index (χ1n) is 10.9. The van der Waals surface area contributed by atoms with Gasteiger partial charge in [-0.3, -0.25) is 9.59 Å². The van der Waals surface area contributed by atoms with E-state index >= 15 is 0 Å². The number of nitrogens with one attached hydrogen (secondary N) is 3. The second-order valence-electron chi connectivity index (χ2n) is 8.56. The van der Waals surface area contributed by atoms with Crippen LogP contribution in [0.5, 0.6) is 0 Å². The van der Waals surface area contributed by atoms with Crippen LogP contribution >= 0.6 is 0 Å². The molecule has 4 aromatic rings. The number of aromatic nitrogens is 3.